The molecule has 0 atom stereocenters. The molecule has 2 aromatic carbocycles. The first-order chi connectivity index (χ1) is 9.97. The van der Waals surface area contributed by atoms with Gasteiger partial charge in [0.25, 0.3) is 0 Å². The van der Waals surface area contributed by atoms with Gasteiger partial charge in [0.15, 0.2) is 0 Å². The van der Waals surface area contributed by atoms with Crippen LogP contribution in [0.2, 0.25) is 0 Å². The van der Waals surface area contributed by atoms with Crippen LogP contribution >= 0.6 is 0 Å². The summed E-state index contributed by atoms with van der Waals surface area (Å²) in [7, 11) is 0. The van der Waals surface area contributed by atoms with Crippen LogP contribution in [0.4, 0.5) is 17.6 Å². The van der Waals surface area contributed by atoms with Gasteiger partial charge in [0.05, 0.1) is 11.3 Å². The van der Waals surface area contributed by atoms with E-state index < -0.39 is 17.6 Å². The lowest BCUT2D eigenvalue weighted by molar-refractivity contribution is -0.139. The molecule has 3 aromatic rings. The van der Waals surface area contributed by atoms with E-state index in [1.807, 2.05) is 12.1 Å². The molecule has 0 saturated heterocycles. The summed E-state index contributed by atoms with van der Waals surface area (Å²) in [5.41, 5.74) is -0.496. The van der Waals surface area contributed by atoms with E-state index in [0.29, 0.717) is 11.3 Å². The van der Waals surface area contributed by atoms with E-state index >= 15 is 0 Å². The van der Waals surface area contributed by atoms with Crippen molar-refractivity contribution in [3.63, 3.8) is 0 Å². The number of fused-ring (bicyclic) bond motifs is 1. The Bertz CT molecular complexity index is 803. The molecule has 0 bridgehead atoms. The predicted octanol–water partition coefficient (Wildman–Crippen LogP) is 5.06. The summed E-state index contributed by atoms with van der Waals surface area (Å²) >= 11 is 0. The third-order valence-electron chi connectivity index (χ3n) is 3.22. The van der Waals surface area contributed by atoms with Crippen LogP contribution in [0.25, 0.3) is 22.0 Å². The molecule has 3 rings (SSSR count). The van der Waals surface area contributed by atoms with Gasteiger partial charge in [-0.05, 0) is 23.6 Å². The average molecular weight is 291 g/mol. The summed E-state index contributed by atoms with van der Waals surface area (Å²) in [6, 6.07) is 12.0. The molecule has 0 spiro atoms. The van der Waals surface area contributed by atoms with Gasteiger partial charge in [-0.1, -0.05) is 30.3 Å². The summed E-state index contributed by atoms with van der Waals surface area (Å²) in [6.07, 6.45) is -3.15. The van der Waals surface area contributed by atoms with Crippen molar-refractivity contribution in [3.05, 3.63) is 66.1 Å². The van der Waals surface area contributed by atoms with Crippen molar-refractivity contribution < 1.29 is 17.6 Å². The van der Waals surface area contributed by atoms with E-state index in [-0.39, 0.29) is 0 Å². The Morgan fingerprint density at radius 1 is 0.905 bits per heavy atom. The zero-order valence-corrected chi connectivity index (χ0v) is 10.7. The molecule has 0 aliphatic heterocycles. The zero-order chi connectivity index (χ0) is 15.0. The van der Waals surface area contributed by atoms with Gasteiger partial charge < -0.3 is 0 Å². The molecule has 0 radical (unpaired) electrons. The summed E-state index contributed by atoms with van der Waals surface area (Å²) < 4.78 is 51.4. The molecule has 21 heavy (non-hydrogen) atoms. The Kier molecular flexibility index (Phi) is 3.12. The molecule has 5 heteroatoms. The van der Waals surface area contributed by atoms with E-state index in [2.05, 4.69) is 4.98 Å². The van der Waals surface area contributed by atoms with E-state index in [1.165, 1.54) is 6.07 Å². The molecule has 0 aliphatic carbocycles. The summed E-state index contributed by atoms with van der Waals surface area (Å²) in [4.78, 5) is 4.16. The number of nitrogens with zero attached hydrogens (tertiary/aromatic N) is 1. The van der Waals surface area contributed by atoms with Gasteiger partial charge in [-0.25, -0.2) is 4.39 Å². The zero-order valence-electron chi connectivity index (χ0n) is 10.7. The van der Waals surface area contributed by atoms with Gasteiger partial charge in [-0.3, -0.25) is 4.98 Å². The van der Waals surface area contributed by atoms with Crippen molar-refractivity contribution in [2.75, 3.05) is 0 Å². The van der Waals surface area contributed by atoms with Gasteiger partial charge in [0.2, 0.25) is 0 Å². The number of pyridine rings is 1. The molecule has 1 heterocycles. The van der Waals surface area contributed by atoms with Crippen molar-refractivity contribution >= 4 is 10.8 Å². The number of benzene rings is 2. The average Bonchev–Trinajstić information content (AvgIpc) is 2.45. The molecular formula is C16H9F4N. The molecule has 106 valence electrons. The lowest BCUT2D eigenvalue weighted by Crippen LogP contribution is -2.07. The van der Waals surface area contributed by atoms with Crippen LogP contribution in [0, 0.1) is 5.82 Å². The maximum atomic E-state index is 13.7. The number of hydrogen-bond donors (Lipinski definition) is 0. The lowest BCUT2D eigenvalue weighted by Gasteiger charge is -2.10. The van der Waals surface area contributed by atoms with Crippen LogP contribution in [0.15, 0.2) is 54.7 Å². The standard InChI is InChI=1S/C16H9F4N/c17-14-9-11(5-6-13(14)16(18,19)20)15-12-4-2-1-3-10(12)7-8-21-15/h1-9H. The maximum absolute atomic E-state index is 13.7. The fourth-order valence-corrected chi connectivity index (χ4v) is 2.24. The quantitative estimate of drug-likeness (QED) is 0.571. The molecule has 0 saturated carbocycles. The number of halogens is 4. The van der Waals surface area contributed by atoms with E-state index in [4.69, 9.17) is 0 Å². The molecule has 0 fully saturated rings. The number of aromatic nitrogens is 1. The highest BCUT2D eigenvalue weighted by Crippen LogP contribution is 2.34. The van der Waals surface area contributed by atoms with Crippen LogP contribution in [-0.2, 0) is 6.18 Å². The minimum atomic E-state index is -4.70. The third kappa shape index (κ3) is 2.46. The van der Waals surface area contributed by atoms with Crippen LogP contribution in [0.1, 0.15) is 5.56 Å². The molecule has 0 amide bonds. The Morgan fingerprint density at radius 3 is 2.38 bits per heavy atom. The third-order valence-corrected chi connectivity index (χ3v) is 3.22. The molecule has 1 nitrogen and oxygen atoms in total. The van der Waals surface area contributed by atoms with Gasteiger partial charge >= 0.3 is 6.18 Å². The normalized spacial score (nSPS) is 11.8. The Balaban J connectivity index is 2.18. The van der Waals surface area contributed by atoms with Gasteiger partial charge in [0, 0.05) is 17.1 Å². The van der Waals surface area contributed by atoms with Crippen molar-refractivity contribution in [2.45, 2.75) is 6.18 Å². The largest absolute Gasteiger partial charge is 0.419 e. The minimum absolute atomic E-state index is 0.317. The summed E-state index contributed by atoms with van der Waals surface area (Å²) in [5.74, 6) is -1.30. The second-order valence-corrected chi connectivity index (χ2v) is 4.57. The second-order valence-electron chi connectivity index (χ2n) is 4.57. The van der Waals surface area contributed by atoms with Gasteiger partial charge in [-0.2, -0.15) is 13.2 Å². The van der Waals surface area contributed by atoms with Crippen molar-refractivity contribution in [1.82, 2.24) is 4.98 Å². The SMILES string of the molecule is Fc1cc(-c2nccc3ccccc23)ccc1C(F)(F)F. The van der Waals surface area contributed by atoms with Crippen LogP contribution in [0.3, 0.4) is 0 Å². The number of rotatable bonds is 1. The monoisotopic (exact) mass is 291 g/mol. The predicted molar refractivity (Wildman–Crippen MR) is 72.1 cm³/mol. The van der Waals surface area contributed by atoms with Gasteiger partial charge in [0.1, 0.15) is 5.82 Å². The first kappa shape index (κ1) is 13.5. The van der Waals surface area contributed by atoms with E-state index in [9.17, 15) is 17.6 Å². The summed E-state index contributed by atoms with van der Waals surface area (Å²) in [6.45, 7) is 0. The Labute approximate surface area is 117 Å². The first-order valence-electron chi connectivity index (χ1n) is 6.18. The fourth-order valence-electron chi connectivity index (χ4n) is 2.24. The molecular weight excluding hydrogens is 282 g/mol. The fraction of sp³-hybridized carbons (Fsp3) is 0.0625. The van der Waals surface area contributed by atoms with Crippen molar-refractivity contribution in [1.29, 1.82) is 0 Å². The Morgan fingerprint density at radius 2 is 1.67 bits per heavy atom. The van der Waals surface area contributed by atoms with E-state index in [1.54, 1.807) is 24.4 Å². The number of alkyl halides is 3. The van der Waals surface area contributed by atoms with Crippen molar-refractivity contribution in [2.24, 2.45) is 0 Å². The Hall–Kier alpha value is -2.43. The van der Waals surface area contributed by atoms with Gasteiger partial charge in [-0.15, -0.1) is 0 Å². The minimum Gasteiger partial charge on any atom is -0.256 e. The highest BCUT2D eigenvalue weighted by atomic mass is 19.4. The molecule has 0 unspecified atom stereocenters. The molecule has 1 aromatic heterocycles. The van der Waals surface area contributed by atoms with Crippen LogP contribution in [-0.4, -0.2) is 4.98 Å². The highest BCUT2D eigenvalue weighted by molar-refractivity contribution is 5.94. The topological polar surface area (TPSA) is 12.9 Å². The maximum Gasteiger partial charge on any atom is 0.419 e. The first-order valence-corrected chi connectivity index (χ1v) is 6.18. The molecule has 0 aliphatic rings. The smallest absolute Gasteiger partial charge is 0.256 e. The van der Waals surface area contributed by atoms with E-state index in [0.717, 1.165) is 22.9 Å². The molecule has 0 N–H and O–H groups in total. The van der Waals surface area contributed by atoms with Crippen LogP contribution < -0.4 is 0 Å². The van der Waals surface area contributed by atoms with Crippen molar-refractivity contribution in [3.8, 4) is 11.3 Å². The second kappa shape index (κ2) is 4.84. The number of hydrogen-bond acceptors (Lipinski definition) is 1. The lowest BCUT2D eigenvalue weighted by atomic mass is 10.0. The van der Waals surface area contributed by atoms with Crippen LogP contribution in [0.5, 0.6) is 0 Å². The summed E-state index contributed by atoms with van der Waals surface area (Å²) in [5, 5.41) is 1.65. The highest BCUT2D eigenvalue weighted by Gasteiger charge is 2.34.